The fourth-order valence-electron chi connectivity index (χ4n) is 1.35. The highest BCUT2D eigenvalue weighted by atomic mass is 35.5. The third-order valence-corrected chi connectivity index (χ3v) is 3.66. The van der Waals surface area contributed by atoms with Gasteiger partial charge in [-0.15, -0.1) is 0 Å². The van der Waals surface area contributed by atoms with Gasteiger partial charge in [-0.1, -0.05) is 34.5 Å². The first kappa shape index (κ1) is 13.2. The second-order valence-corrected chi connectivity index (χ2v) is 5.18. The molecule has 2 rings (SSSR count). The smallest absolute Gasteiger partial charge is 0.321 e. The van der Waals surface area contributed by atoms with E-state index in [-0.39, 0.29) is 16.8 Å². The molecular weight excluding hydrogens is 297 g/mol. The van der Waals surface area contributed by atoms with E-state index in [0.717, 1.165) is 11.3 Å². The van der Waals surface area contributed by atoms with Crippen LogP contribution in [0.25, 0.3) is 10.2 Å². The van der Waals surface area contributed by atoms with Gasteiger partial charge in [0, 0.05) is 6.54 Å². The zero-order valence-corrected chi connectivity index (χ0v) is 11.6. The van der Waals surface area contributed by atoms with Gasteiger partial charge >= 0.3 is 6.03 Å². The number of phenolic OH excluding ortho intramolecular Hbond substituents is 1. The van der Waals surface area contributed by atoms with Gasteiger partial charge in [0.05, 0.1) is 10.0 Å². The molecule has 8 heteroatoms. The molecule has 18 heavy (non-hydrogen) atoms. The van der Waals surface area contributed by atoms with Gasteiger partial charge < -0.3 is 10.4 Å². The molecule has 0 aliphatic rings. The molecule has 0 aliphatic heterocycles. The summed E-state index contributed by atoms with van der Waals surface area (Å²) in [6.07, 6.45) is 0. The van der Waals surface area contributed by atoms with Gasteiger partial charge in [0.1, 0.15) is 10.2 Å². The zero-order chi connectivity index (χ0) is 13.3. The Kier molecular flexibility index (Phi) is 3.79. The molecule has 2 aromatic rings. The van der Waals surface area contributed by atoms with Crippen LogP contribution in [0.15, 0.2) is 6.07 Å². The number of anilines is 1. The number of carbonyl (C=O) groups is 1. The average Bonchev–Trinajstić information content (AvgIpc) is 2.71. The van der Waals surface area contributed by atoms with Crippen molar-refractivity contribution in [3.05, 3.63) is 16.1 Å². The molecule has 0 bridgehead atoms. The molecular formula is C10H9Cl2N3O2S. The largest absolute Gasteiger partial charge is 0.505 e. The van der Waals surface area contributed by atoms with Crippen LogP contribution < -0.4 is 10.6 Å². The minimum Gasteiger partial charge on any atom is -0.505 e. The first-order valence-electron chi connectivity index (χ1n) is 5.05. The van der Waals surface area contributed by atoms with Crippen LogP contribution in [-0.2, 0) is 0 Å². The monoisotopic (exact) mass is 305 g/mol. The van der Waals surface area contributed by atoms with Crippen LogP contribution in [0.1, 0.15) is 6.92 Å². The Morgan fingerprint density at radius 1 is 1.50 bits per heavy atom. The number of hydrogen-bond acceptors (Lipinski definition) is 4. The van der Waals surface area contributed by atoms with Crippen molar-refractivity contribution in [2.45, 2.75) is 6.92 Å². The van der Waals surface area contributed by atoms with Gasteiger partial charge in [0.15, 0.2) is 10.9 Å². The molecule has 96 valence electrons. The first-order chi connectivity index (χ1) is 8.52. The van der Waals surface area contributed by atoms with E-state index < -0.39 is 0 Å². The van der Waals surface area contributed by atoms with Crippen molar-refractivity contribution in [2.24, 2.45) is 0 Å². The van der Waals surface area contributed by atoms with E-state index >= 15 is 0 Å². The highest BCUT2D eigenvalue weighted by molar-refractivity contribution is 7.22. The summed E-state index contributed by atoms with van der Waals surface area (Å²) < 4.78 is 0.444. The van der Waals surface area contributed by atoms with Gasteiger partial charge in [-0.05, 0) is 13.0 Å². The van der Waals surface area contributed by atoms with Gasteiger partial charge in [-0.2, -0.15) is 0 Å². The number of aromatic hydroxyl groups is 1. The Morgan fingerprint density at radius 2 is 2.22 bits per heavy atom. The lowest BCUT2D eigenvalue weighted by Crippen LogP contribution is -2.28. The molecule has 1 aromatic heterocycles. The molecule has 1 heterocycles. The van der Waals surface area contributed by atoms with Crippen LogP contribution in [0.2, 0.25) is 10.0 Å². The average molecular weight is 306 g/mol. The van der Waals surface area contributed by atoms with Crippen molar-refractivity contribution in [1.29, 1.82) is 0 Å². The quantitative estimate of drug-likeness (QED) is 0.795. The van der Waals surface area contributed by atoms with E-state index in [1.165, 1.54) is 6.07 Å². The number of amides is 2. The molecule has 0 saturated heterocycles. The Hall–Kier alpha value is -1.24. The van der Waals surface area contributed by atoms with Crippen LogP contribution in [0, 0.1) is 0 Å². The Labute approximate surface area is 117 Å². The van der Waals surface area contributed by atoms with Crippen LogP contribution in [-0.4, -0.2) is 22.7 Å². The molecule has 0 fully saturated rings. The van der Waals surface area contributed by atoms with E-state index in [2.05, 4.69) is 15.6 Å². The minimum absolute atomic E-state index is 0.0856. The number of halogens is 2. The SMILES string of the molecule is CCNC(=O)Nc1nc2c(Cl)cc(Cl)c(O)c2s1. The van der Waals surface area contributed by atoms with E-state index in [0.29, 0.717) is 26.9 Å². The molecule has 0 radical (unpaired) electrons. The summed E-state index contributed by atoms with van der Waals surface area (Å²) >= 11 is 12.9. The van der Waals surface area contributed by atoms with Gasteiger partial charge in [0.2, 0.25) is 0 Å². The number of hydrogen-bond donors (Lipinski definition) is 3. The highest BCUT2D eigenvalue weighted by Crippen LogP contribution is 2.41. The summed E-state index contributed by atoms with van der Waals surface area (Å²) in [6.45, 7) is 2.31. The van der Waals surface area contributed by atoms with E-state index in [1.54, 1.807) is 6.92 Å². The maximum atomic E-state index is 11.3. The Morgan fingerprint density at radius 3 is 2.89 bits per heavy atom. The van der Waals surface area contributed by atoms with Crippen molar-refractivity contribution >= 4 is 55.9 Å². The summed E-state index contributed by atoms with van der Waals surface area (Å²) in [5, 5.41) is 15.7. The second-order valence-electron chi connectivity index (χ2n) is 3.37. The lowest BCUT2D eigenvalue weighted by Gasteiger charge is -2.00. The van der Waals surface area contributed by atoms with E-state index in [9.17, 15) is 9.90 Å². The number of phenols is 1. The first-order valence-corrected chi connectivity index (χ1v) is 6.62. The van der Waals surface area contributed by atoms with E-state index in [1.807, 2.05) is 0 Å². The maximum Gasteiger partial charge on any atom is 0.321 e. The Bertz CT molecular complexity index is 615. The van der Waals surface area contributed by atoms with Crippen LogP contribution in [0.5, 0.6) is 5.75 Å². The number of fused-ring (bicyclic) bond motifs is 1. The Balaban J connectivity index is 2.41. The zero-order valence-electron chi connectivity index (χ0n) is 9.25. The second kappa shape index (κ2) is 5.17. The summed E-state index contributed by atoms with van der Waals surface area (Å²) in [4.78, 5) is 15.5. The number of nitrogens with one attached hydrogen (secondary N) is 2. The van der Waals surface area contributed by atoms with Crippen molar-refractivity contribution in [1.82, 2.24) is 10.3 Å². The molecule has 3 N–H and O–H groups in total. The van der Waals surface area contributed by atoms with Crippen molar-refractivity contribution in [3.8, 4) is 5.75 Å². The molecule has 0 saturated carbocycles. The predicted octanol–water partition coefficient (Wildman–Crippen LogP) is 3.45. The van der Waals surface area contributed by atoms with Crippen LogP contribution >= 0.6 is 34.5 Å². The van der Waals surface area contributed by atoms with Crippen LogP contribution in [0.4, 0.5) is 9.93 Å². The summed E-state index contributed by atoms with van der Waals surface area (Å²) in [7, 11) is 0. The van der Waals surface area contributed by atoms with Crippen molar-refractivity contribution in [2.75, 3.05) is 11.9 Å². The fraction of sp³-hybridized carbons (Fsp3) is 0.200. The third-order valence-electron chi connectivity index (χ3n) is 2.11. The molecule has 0 atom stereocenters. The number of aromatic nitrogens is 1. The van der Waals surface area contributed by atoms with Gasteiger partial charge in [-0.25, -0.2) is 9.78 Å². The summed E-state index contributed by atoms with van der Waals surface area (Å²) in [5.41, 5.74) is 0.412. The molecule has 2 amide bonds. The number of nitrogens with zero attached hydrogens (tertiary/aromatic N) is 1. The normalized spacial score (nSPS) is 10.6. The number of rotatable bonds is 2. The lowest BCUT2D eigenvalue weighted by atomic mass is 10.3. The number of carbonyl (C=O) groups excluding carboxylic acids is 1. The van der Waals surface area contributed by atoms with Gasteiger partial charge in [0.25, 0.3) is 0 Å². The molecule has 0 spiro atoms. The molecule has 0 unspecified atom stereocenters. The lowest BCUT2D eigenvalue weighted by molar-refractivity contribution is 0.252. The number of urea groups is 1. The highest BCUT2D eigenvalue weighted by Gasteiger charge is 2.15. The van der Waals surface area contributed by atoms with Crippen LogP contribution in [0.3, 0.4) is 0 Å². The fourth-order valence-corrected chi connectivity index (χ4v) is 2.90. The number of benzene rings is 1. The van der Waals surface area contributed by atoms with Crippen molar-refractivity contribution < 1.29 is 9.90 Å². The number of thiazole rings is 1. The third kappa shape index (κ3) is 2.45. The van der Waals surface area contributed by atoms with E-state index in [4.69, 9.17) is 23.2 Å². The summed E-state index contributed by atoms with van der Waals surface area (Å²) in [5.74, 6) is -0.0856. The molecule has 5 nitrogen and oxygen atoms in total. The maximum absolute atomic E-state index is 11.3. The minimum atomic E-state index is -0.363. The molecule has 0 aliphatic carbocycles. The van der Waals surface area contributed by atoms with Crippen molar-refractivity contribution in [3.63, 3.8) is 0 Å². The predicted molar refractivity (Wildman–Crippen MR) is 74.0 cm³/mol. The topological polar surface area (TPSA) is 74.2 Å². The standard InChI is InChI=1S/C10H9Cl2N3O2S/c1-2-13-9(17)15-10-14-6-4(11)3-5(12)7(16)8(6)18-10/h3,16H,2H2,1H3,(H2,13,14,15,17). The van der Waals surface area contributed by atoms with Gasteiger partial charge in [-0.3, -0.25) is 5.32 Å². The molecule has 1 aromatic carbocycles. The summed E-state index contributed by atoms with van der Waals surface area (Å²) in [6, 6.07) is 1.05.